The summed E-state index contributed by atoms with van der Waals surface area (Å²) in [6.45, 7) is 6.25. The Bertz CT molecular complexity index is 787. The fraction of sp³-hybridized carbons (Fsp3) is 0.435. The Morgan fingerprint density at radius 1 is 1.10 bits per heavy atom. The molecular weight excluding hydrogens is 370 g/mol. The molecule has 0 atom stereocenters. The van der Waals surface area contributed by atoms with E-state index in [0.717, 1.165) is 51.0 Å². The molecule has 0 spiro atoms. The normalized spacial score (nSPS) is 16.0. The van der Waals surface area contributed by atoms with Crippen molar-refractivity contribution >= 4 is 5.96 Å². The van der Waals surface area contributed by atoms with E-state index in [1.807, 2.05) is 13.0 Å². The molecule has 29 heavy (non-hydrogen) atoms. The Kier molecular flexibility index (Phi) is 7.99. The van der Waals surface area contributed by atoms with Gasteiger partial charge in [-0.1, -0.05) is 30.3 Å². The first-order chi connectivity index (χ1) is 14.1. The molecule has 2 aromatic carbocycles. The summed E-state index contributed by atoms with van der Waals surface area (Å²) in [6, 6.07) is 14.5. The van der Waals surface area contributed by atoms with Crippen molar-refractivity contribution in [2.75, 3.05) is 26.2 Å². The van der Waals surface area contributed by atoms with Crippen LogP contribution in [0, 0.1) is 11.6 Å². The van der Waals surface area contributed by atoms with Crippen LogP contribution >= 0.6 is 0 Å². The highest BCUT2D eigenvalue weighted by Gasteiger charge is 2.20. The second-order valence-electron chi connectivity index (χ2n) is 7.43. The fourth-order valence-corrected chi connectivity index (χ4v) is 3.61. The largest absolute Gasteiger partial charge is 0.357 e. The number of hydrogen-bond acceptors (Lipinski definition) is 2. The predicted molar refractivity (Wildman–Crippen MR) is 114 cm³/mol. The first-order valence-corrected chi connectivity index (χ1v) is 10.4. The molecule has 156 valence electrons. The molecular formula is C23H30F2N4. The van der Waals surface area contributed by atoms with Gasteiger partial charge in [-0.25, -0.2) is 8.78 Å². The number of guanidine groups is 1. The Morgan fingerprint density at radius 3 is 2.59 bits per heavy atom. The van der Waals surface area contributed by atoms with Crippen LogP contribution < -0.4 is 10.6 Å². The van der Waals surface area contributed by atoms with Crippen LogP contribution in [-0.4, -0.2) is 43.1 Å². The average Bonchev–Trinajstić information content (AvgIpc) is 2.73. The second kappa shape index (κ2) is 10.9. The SMILES string of the molecule is CCNC(=NCCc1cc(F)ccc1F)NC1CCN(Cc2ccccc2)CC1. The van der Waals surface area contributed by atoms with E-state index in [-0.39, 0.29) is 5.82 Å². The summed E-state index contributed by atoms with van der Waals surface area (Å²) in [4.78, 5) is 7.03. The zero-order valence-corrected chi connectivity index (χ0v) is 17.0. The van der Waals surface area contributed by atoms with E-state index < -0.39 is 5.82 Å². The minimum Gasteiger partial charge on any atom is -0.357 e. The molecule has 4 nitrogen and oxygen atoms in total. The monoisotopic (exact) mass is 400 g/mol. The van der Waals surface area contributed by atoms with Gasteiger partial charge in [0.2, 0.25) is 0 Å². The van der Waals surface area contributed by atoms with Crippen LogP contribution in [0.4, 0.5) is 8.78 Å². The zero-order chi connectivity index (χ0) is 20.5. The van der Waals surface area contributed by atoms with Gasteiger partial charge in [-0.3, -0.25) is 9.89 Å². The molecule has 0 unspecified atom stereocenters. The molecule has 3 rings (SSSR count). The highest BCUT2D eigenvalue weighted by Crippen LogP contribution is 2.14. The van der Waals surface area contributed by atoms with Crippen LogP contribution in [0.3, 0.4) is 0 Å². The molecule has 1 aliphatic rings. The van der Waals surface area contributed by atoms with Gasteiger partial charge in [0.15, 0.2) is 5.96 Å². The lowest BCUT2D eigenvalue weighted by Crippen LogP contribution is -2.48. The van der Waals surface area contributed by atoms with Crippen LogP contribution in [0.25, 0.3) is 0 Å². The quantitative estimate of drug-likeness (QED) is 0.550. The number of aliphatic imine (C=N–C) groups is 1. The maximum absolute atomic E-state index is 13.8. The molecule has 0 bridgehead atoms. The highest BCUT2D eigenvalue weighted by molar-refractivity contribution is 5.80. The Hall–Kier alpha value is -2.47. The zero-order valence-electron chi connectivity index (χ0n) is 17.0. The number of halogens is 2. The maximum Gasteiger partial charge on any atom is 0.191 e. The second-order valence-corrected chi connectivity index (χ2v) is 7.43. The number of piperidine rings is 1. The number of nitrogens with zero attached hydrogens (tertiary/aromatic N) is 2. The third-order valence-corrected chi connectivity index (χ3v) is 5.18. The summed E-state index contributed by atoms with van der Waals surface area (Å²) >= 11 is 0. The lowest BCUT2D eigenvalue weighted by Gasteiger charge is -2.33. The van der Waals surface area contributed by atoms with Crippen LogP contribution in [0.2, 0.25) is 0 Å². The van der Waals surface area contributed by atoms with Crippen molar-refractivity contribution in [1.82, 2.24) is 15.5 Å². The van der Waals surface area contributed by atoms with Gasteiger partial charge in [-0.2, -0.15) is 0 Å². The van der Waals surface area contributed by atoms with E-state index in [4.69, 9.17) is 0 Å². The van der Waals surface area contributed by atoms with Gasteiger partial charge >= 0.3 is 0 Å². The van der Waals surface area contributed by atoms with Gasteiger partial charge in [0.25, 0.3) is 0 Å². The number of nitrogens with one attached hydrogen (secondary N) is 2. The Balaban J connectivity index is 1.47. The number of benzene rings is 2. The fourth-order valence-electron chi connectivity index (χ4n) is 3.61. The van der Waals surface area contributed by atoms with Crippen LogP contribution in [0.1, 0.15) is 30.9 Å². The van der Waals surface area contributed by atoms with Crippen molar-refractivity contribution in [1.29, 1.82) is 0 Å². The highest BCUT2D eigenvalue weighted by atomic mass is 19.1. The Labute approximate surface area is 172 Å². The van der Waals surface area contributed by atoms with Gasteiger partial charge in [0.1, 0.15) is 11.6 Å². The summed E-state index contributed by atoms with van der Waals surface area (Å²) in [6.07, 6.45) is 2.47. The molecule has 1 fully saturated rings. The molecule has 6 heteroatoms. The molecule has 1 heterocycles. The van der Waals surface area contributed by atoms with E-state index >= 15 is 0 Å². The summed E-state index contributed by atoms with van der Waals surface area (Å²) < 4.78 is 27.1. The maximum atomic E-state index is 13.8. The molecule has 2 N–H and O–H groups in total. The van der Waals surface area contributed by atoms with Crippen molar-refractivity contribution < 1.29 is 8.78 Å². The van der Waals surface area contributed by atoms with Gasteiger partial charge in [0.05, 0.1) is 0 Å². The molecule has 0 radical (unpaired) electrons. The Morgan fingerprint density at radius 2 is 1.86 bits per heavy atom. The summed E-state index contributed by atoms with van der Waals surface area (Å²) in [5.74, 6) is -0.0613. The van der Waals surface area contributed by atoms with Crippen molar-refractivity contribution in [3.8, 4) is 0 Å². The number of likely N-dealkylation sites (tertiary alicyclic amines) is 1. The van der Waals surface area contributed by atoms with Gasteiger partial charge < -0.3 is 10.6 Å². The molecule has 2 aromatic rings. The van der Waals surface area contributed by atoms with E-state index in [0.29, 0.717) is 24.6 Å². The van der Waals surface area contributed by atoms with Crippen molar-refractivity contribution in [3.05, 3.63) is 71.3 Å². The number of hydrogen-bond donors (Lipinski definition) is 2. The van der Waals surface area contributed by atoms with E-state index in [1.165, 1.54) is 17.7 Å². The summed E-state index contributed by atoms with van der Waals surface area (Å²) in [7, 11) is 0. The van der Waals surface area contributed by atoms with Crippen molar-refractivity contribution in [3.63, 3.8) is 0 Å². The number of rotatable bonds is 7. The first kappa shape index (κ1) is 21.2. The molecule has 1 aliphatic heterocycles. The minimum atomic E-state index is -0.419. The van der Waals surface area contributed by atoms with Gasteiger partial charge in [-0.15, -0.1) is 0 Å². The minimum absolute atomic E-state index is 0.360. The van der Waals surface area contributed by atoms with E-state index in [2.05, 4.69) is 44.8 Å². The lowest BCUT2D eigenvalue weighted by atomic mass is 10.0. The standard InChI is InChI=1S/C23H30F2N4/c1-2-26-23(27-13-10-19-16-20(24)8-9-22(19)25)28-21-11-14-29(15-12-21)17-18-6-4-3-5-7-18/h3-9,16,21H,2,10-15,17H2,1H3,(H2,26,27,28). The average molecular weight is 401 g/mol. The smallest absolute Gasteiger partial charge is 0.191 e. The van der Waals surface area contributed by atoms with Gasteiger partial charge in [0, 0.05) is 38.8 Å². The third-order valence-electron chi connectivity index (χ3n) is 5.18. The van der Waals surface area contributed by atoms with E-state index in [1.54, 1.807) is 0 Å². The molecule has 0 amide bonds. The topological polar surface area (TPSA) is 39.7 Å². The van der Waals surface area contributed by atoms with Crippen LogP contribution in [0.5, 0.6) is 0 Å². The summed E-state index contributed by atoms with van der Waals surface area (Å²) in [5.41, 5.74) is 1.71. The predicted octanol–water partition coefficient (Wildman–Crippen LogP) is 3.73. The third kappa shape index (κ3) is 6.82. The van der Waals surface area contributed by atoms with Crippen LogP contribution in [-0.2, 0) is 13.0 Å². The molecule has 0 saturated carbocycles. The molecule has 0 aliphatic carbocycles. The van der Waals surface area contributed by atoms with Gasteiger partial charge in [-0.05, 0) is 55.5 Å². The summed E-state index contributed by atoms with van der Waals surface area (Å²) in [5, 5.41) is 6.75. The van der Waals surface area contributed by atoms with Crippen LogP contribution in [0.15, 0.2) is 53.5 Å². The first-order valence-electron chi connectivity index (χ1n) is 10.4. The lowest BCUT2D eigenvalue weighted by molar-refractivity contribution is 0.198. The van der Waals surface area contributed by atoms with Crippen molar-refractivity contribution in [2.24, 2.45) is 4.99 Å². The van der Waals surface area contributed by atoms with Crippen molar-refractivity contribution in [2.45, 2.75) is 38.8 Å². The van der Waals surface area contributed by atoms with E-state index in [9.17, 15) is 8.78 Å². The molecule has 1 saturated heterocycles. The molecule has 0 aromatic heterocycles.